The number of H-pyrrole nitrogens is 1. The van der Waals surface area contributed by atoms with E-state index in [9.17, 15) is 0 Å². The Kier molecular flexibility index (Phi) is 2.53. The largest absolute Gasteiger partial charge is 0.357 e. The molecule has 0 fully saturated rings. The summed E-state index contributed by atoms with van der Waals surface area (Å²) in [7, 11) is 0. The van der Waals surface area contributed by atoms with E-state index in [2.05, 4.69) is 37.9 Å². The molecule has 1 heterocycles. The lowest BCUT2D eigenvalue weighted by molar-refractivity contribution is 0.973. The Bertz CT molecular complexity index is 495. The van der Waals surface area contributed by atoms with Gasteiger partial charge in [-0.15, -0.1) is 0 Å². The third-order valence-electron chi connectivity index (χ3n) is 3.00. The van der Waals surface area contributed by atoms with E-state index in [1.165, 1.54) is 33.3 Å². The van der Waals surface area contributed by atoms with Gasteiger partial charge in [-0.3, -0.25) is 0 Å². The van der Waals surface area contributed by atoms with E-state index in [0.717, 1.165) is 6.42 Å². The standard InChI is InChI=1S/C13H18N2/c1-4-10-11-6-8(2)5-9(3)13(11)15-12(10)7-14/h5-6,15H,4,7,14H2,1-3H3. The van der Waals surface area contributed by atoms with Crippen LogP contribution in [0.4, 0.5) is 0 Å². The highest BCUT2D eigenvalue weighted by Gasteiger charge is 2.10. The van der Waals surface area contributed by atoms with Crippen LogP contribution in [0.3, 0.4) is 0 Å². The van der Waals surface area contributed by atoms with Crippen molar-refractivity contribution in [3.63, 3.8) is 0 Å². The third-order valence-corrected chi connectivity index (χ3v) is 3.00. The molecule has 0 aliphatic carbocycles. The zero-order chi connectivity index (χ0) is 11.0. The third kappa shape index (κ3) is 1.55. The number of aromatic nitrogens is 1. The molecule has 0 saturated carbocycles. The summed E-state index contributed by atoms with van der Waals surface area (Å²) in [4.78, 5) is 3.44. The molecule has 0 bridgehead atoms. The lowest BCUT2D eigenvalue weighted by Gasteiger charge is -2.00. The van der Waals surface area contributed by atoms with Crippen LogP contribution < -0.4 is 5.73 Å². The fraction of sp³-hybridized carbons (Fsp3) is 0.385. The summed E-state index contributed by atoms with van der Waals surface area (Å²) in [6, 6.07) is 4.45. The summed E-state index contributed by atoms with van der Waals surface area (Å²) < 4.78 is 0. The quantitative estimate of drug-likeness (QED) is 0.772. The van der Waals surface area contributed by atoms with Gasteiger partial charge in [0, 0.05) is 23.1 Å². The van der Waals surface area contributed by atoms with Crippen LogP contribution in [-0.4, -0.2) is 4.98 Å². The van der Waals surface area contributed by atoms with Crippen molar-refractivity contribution in [2.24, 2.45) is 5.73 Å². The minimum absolute atomic E-state index is 0.594. The molecule has 0 radical (unpaired) electrons. The molecule has 2 nitrogen and oxygen atoms in total. The van der Waals surface area contributed by atoms with Gasteiger partial charge in [-0.25, -0.2) is 0 Å². The number of hydrogen-bond donors (Lipinski definition) is 2. The van der Waals surface area contributed by atoms with Gasteiger partial charge in [-0.2, -0.15) is 0 Å². The average Bonchev–Trinajstić information content (AvgIpc) is 2.55. The van der Waals surface area contributed by atoms with Crippen LogP contribution in [0.1, 0.15) is 29.3 Å². The molecular formula is C13H18N2. The van der Waals surface area contributed by atoms with Gasteiger partial charge in [0.05, 0.1) is 0 Å². The molecule has 80 valence electrons. The van der Waals surface area contributed by atoms with Crippen LogP contribution in [-0.2, 0) is 13.0 Å². The van der Waals surface area contributed by atoms with E-state index >= 15 is 0 Å². The topological polar surface area (TPSA) is 41.8 Å². The number of aromatic amines is 1. The fourth-order valence-corrected chi connectivity index (χ4v) is 2.34. The van der Waals surface area contributed by atoms with Crippen molar-refractivity contribution in [1.29, 1.82) is 0 Å². The van der Waals surface area contributed by atoms with E-state index in [1.807, 2.05) is 0 Å². The molecule has 1 aromatic carbocycles. The second kappa shape index (κ2) is 3.70. The molecule has 0 aliphatic rings. The highest BCUT2D eigenvalue weighted by molar-refractivity contribution is 5.88. The van der Waals surface area contributed by atoms with Gasteiger partial charge in [0.25, 0.3) is 0 Å². The molecule has 15 heavy (non-hydrogen) atoms. The molecule has 2 heteroatoms. The molecule has 0 amide bonds. The molecular weight excluding hydrogens is 184 g/mol. The fourth-order valence-electron chi connectivity index (χ4n) is 2.34. The molecule has 2 aromatic rings. The van der Waals surface area contributed by atoms with Gasteiger partial charge in [-0.1, -0.05) is 18.6 Å². The molecule has 0 atom stereocenters. The maximum absolute atomic E-state index is 5.75. The lowest BCUT2D eigenvalue weighted by Crippen LogP contribution is -1.99. The number of nitrogens with one attached hydrogen (secondary N) is 1. The monoisotopic (exact) mass is 202 g/mol. The van der Waals surface area contributed by atoms with Crippen LogP contribution in [0.15, 0.2) is 12.1 Å². The summed E-state index contributed by atoms with van der Waals surface area (Å²) in [6.45, 7) is 7.06. The van der Waals surface area contributed by atoms with E-state index in [4.69, 9.17) is 5.73 Å². The van der Waals surface area contributed by atoms with Gasteiger partial charge >= 0.3 is 0 Å². The lowest BCUT2D eigenvalue weighted by atomic mass is 10.0. The zero-order valence-corrected chi connectivity index (χ0v) is 9.65. The predicted octanol–water partition coefficient (Wildman–Crippen LogP) is 2.81. The molecule has 3 N–H and O–H groups in total. The first-order valence-corrected chi connectivity index (χ1v) is 5.48. The molecule has 2 rings (SSSR count). The van der Waals surface area contributed by atoms with E-state index in [-0.39, 0.29) is 0 Å². The van der Waals surface area contributed by atoms with Gasteiger partial charge in [0.15, 0.2) is 0 Å². The van der Waals surface area contributed by atoms with Crippen molar-refractivity contribution in [3.05, 3.63) is 34.5 Å². The van der Waals surface area contributed by atoms with Gasteiger partial charge in [0.2, 0.25) is 0 Å². The van der Waals surface area contributed by atoms with Gasteiger partial charge < -0.3 is 10.7 Å². The molecule has 0 aliphatic heterocycles. The maximum Gasteiger partial charge on any atom is 0.0489 e. The highest BCUT2D eigenvalue weighted by Crippen LogP contribution is 2.26. The number of benzene rings is 1. The van der Waals surface area contributed by atoms with Crippen molar-refractivity contribution in [2.45, 2.75) is 33.7 Å². The number of fused-ring (bicyclic) bond motifs is 1. The van der Waals surface area contributed by atoms with Crippen molar-refractivity contribution in [2.75, 3.05) is 0 Å². The van der Waals surface area contributed by atoms with Crippen molar-refractivity contribution < 1.29 is 0 Å². The second-order valence-electron chi connectivity index (χ2n) is 4.14. The van der Waals surface area contributed by atoms with Gasteiger partial charge in [-0.05, 0) is 37.5 Å². The summed E-state index contributed by atoms with van der Waals surface area (Å²) in [5, 5.41) is 1.34. The predicted molar refractivity (Wildman–Crippen MR) is 65.0 cm³/mol. The zero-order valence-electron chi connectivity index (χ0n) is 9.65. The first-order valence-electron chi connectivity index (χ1n) is 5.48. The van der Waals surface area contributed by atoms with Crippen molar-refractivity contribution in [3.8, 4) is 0 Å². The summed E-state index contributed by atoms with van der Waals surface area (Å²) in [5.41, 5.74) is 12.2. The Morgan fingerprint density at radius 3 is 2.60 bits per heavy atom. The number of hydrogen-bond acceptors (Lipinski definition) is 1. The SMILES string of the molecule is CCc1c(CN)[nH]c2c(C)cc(C)cc12. The Morgan fingerprint density at radius 1 is 1.27 bits per heavy atom. The molecule has 0 unspecified atom stereocenters. The summed E-state index contributed by atoms with van der Waals surface area (Å²) in [5.74, 6) is 0. The summed E-state index contributed by atoms with van der Waals surface area (Å²) >= 11 is 0. The number of rotatable bonds is 2. The Morgan fingerprint density at radius 2 is 2.00 bits per heavy atom. The van der Waals surface area contributed by atoms with Crippen LogP contribution in [0.2, 0.25) is 0 Å². The smallest absolute Gasteiger partial charge is 0.0489 e. The minimum atomic E-state index is 0.594. The summed E-state index contributed by atoms with van der Waals surface area (Å²) in [6.07, 6.45) is 1.04. The Labute approximate surface area is 90.5 Å². The Hall–Kier alpha value is -1.28. The van der Waals surface area contributed by atoms with E-state index < -0.39 is 0 Å². The molecule has 1 aromatic heterocycles. The van der Waals surface area contributed by atoms with Gasteiger partial charge in [0.1, 0.15) is 0 Å². The second-order valence-corrected chi connectivity index (χ2v) is 4.14. The molecule has 0 spiro atoms. The highest BCUT2D eigenvalue weighted by atomic mass is 14.8. The van der Waals surface area contributed by atoms with Crippen LogP contribution >= 0.6 is 0 Å². The van der Waals surface area contributed by atoms with E-state index in [0.29, 0.717) is 6.54 Å². The first kappa shape index (κ1) is 10.2. The number of aryl methyl sites for hydroxylation is 3. The number of nitrogens with two attached hydrogens (primary N) is 1. The first-order chi connectivity index (χ1) is 7.17. The van der Waals surface area contributed by atoms with Crippen LogP contribution in [0, 0.1) is 13.8 Å². The van der Waals surface area contributed by atoms with Crippen molar-refractivity contribution >= 4 is 10.9 Å². The average molecular weight is 202 g/mol. The van der Waals surface area contributed by atoms with Crippen LogP contribution in [0.5, 0.6) is 0 Å². The Balaban J connectivity index is 2.82. The van der Waals surface area contributed by atoms with E-state index in [1.54, 1.807) is 0 Å². The minimum Gasteiger partial charge on any atom is -0.357 e. The van der Waals surface area contributed by atoms with Crippen molar-refractivity contribution in [1.82, 2.24) is 4.98 Å². The molecule has 0 saturated heterocycles. The normalized spacial score (nSPS) is 11.2. The maximum atomic E-state index is 5.75. The van der Waals surface area contributed by atoms with Crippen LogP contribution in [0.25, 0.3) is 10.9 Å².